The molecule has 0 aliphatic heterocycles. The van der Waals surface area contributed by atoms with Gasteiger partial charge < -0.3 is 9.47 Å². The van der Waals surface area contributed by atoms with Crippen molar-refractivity contribution in [1.29, 1.82) is 0 Å². The largest absolute Gasteiger partial charge is 0.466 e. The molecule has 0 amide bonds. The first kappa shape index (κ1) is 18.9. The molecule has 1 unspecified atom stereocenters. The third-order valence-electron chi connectivity index (χ3n) is 3.15. The number of hydrogen-bond donors (Lipinski definition) is 0. The van der Waals surface area contributed by atoms with Gasteiger partial charge in [0.05, 0.1) is 6.61 Å². The van der Waals surface area contributed by atoms with E-state index in [-0.39, 0.29) is 30.9 Å². The zero-order valence-electron chi connectivity index (χ0n) is 13.6. The summed E-state index contributed by atoms with van der Waals surface area (Å²) in [6, 6.07) is 0. The second-order valence-electron chi connectivity index (χ2n) is 5.94. The highest BCUT2D eigenvalue weighted by molar-refractivity contribution is 5.72. The highest BCUT2D eigenvalue weighted by Gasteiger charge is 2.16. The Morgan fingerprint density at radius 1 is 1.00 bits per heavy atom. The first-order valence-corrected chi connectivity index (χ1v) is 7.71. The smallest absolute Gasteiger partial charge is 0.306 e. The molecule has 4 nitrogen and oxygen atoms in total. The van der Waals surface area contributed by atoms with Crippen LogP contribution in [0.4, 0.5) is 0 Å². The Bertz CT molecular complexity index is 284. The number of carbonyl (C=O) groups excluding carboxylic acids is 2. The molecule has 20 heavy (non-hydrogen) atoms. The number of rotatable bonds is 10. The van der Waals surface area contributed by atoms with E-state index in [4.69, 9.17) is 9.47 Å². The van der Waals surface area contributed by atoms with E-state index in [0.717, 1.165) is 12.8 Å². The predicted octanol–water partition coefficient (Wildman–Crippen LogP) is 3.72. The van der Waals surface area contributed by atoms with Gasteiger partial charge in [0.25, 0.3) is 0 Å². The van der Waals surface area contributed by atoms with Crippen LogP contribution in [0.15, 0.2) is 0 Å². The van der Waals surface area contributed by atoms with Gasteiger partial charge in [-0.15, -0.1) is 0 Å². The Kier molecular flexibility index (Phi) is 10.1. The zero-order valence-corrected chi connectivity index (χ0v) is 13.6. The monoisotopic (exact) mass is 286 g/mol. The Balaban J connectivity index is 3.72. The summed E-state index contributed by atoms with van der Waals surface area (Å²) in [7, 11) is 0. The third kappa shape index (κ3) is 9.82. The van der Waals surface area contributed by atoms with E-state index in [2.05, 4.69) is 13.8 Å². The van der Waals surface area contributed by atoms with E-state index in [0.29, 0.717) is 24.9 Å². The Hall–Kier alpha value is -1.06. The van der Waals surface area contributed by atoms with Gasteiger partial charge in [0.1, 0.15) is 6.10 Å². The zero-order chi connectivity index (χ0) is 15.5. The number of esters is 2. The minimum absolute atomic E-state index is 0.0273. The molecule has 0 aliphatic carbocycles. The highest BCUT2D eigenvalue weighted by atomic mass is 16.5. The molecule has 0 aliphatic rings. The average Bonchev–Trinajstić information content (AvgIpc) is 2.35. The molecule has 0 radical (unpaired) electrons. The van der Waals surface area contributed by atoms with E-state index in [1.54, 1.807) is 0 Å². The van der Waals surface area contributed by atoms with Gasteiger partial charge in [0, 0.05) is 12.8 Å². The van der Waals surface area contributed by atoms with Gasteiger partial charge >= 0.3 is 11.9 Å². The molecule has 4 heteroatoms. The van der Waals surface area contributed by atoms with Crippen molar-refractivity contribution in [3.8, 4) is 0 Å². The maximum absolute atomic E-state index is 11.6. The Morgan fingerprint density at radius 3 is 2.10 bits per heavy atom. The summed E-state index contributed by atoms with van der Waals surface area (Å²) in [6.45, 7) is 10.7. The summed E-state index contributed by atoms with van der Waals surface area (Å²) in [5.74, 6) is 0.402. The minimum Gasteiger partial charge on any atom is -0.466 e. The van der Waals surface area contributed by atoms with Crippen molar-refractivity contribution in [1.82, 2.24) is 0 Å². The second kappa shape index (κ2) is 10.7. The van der Waals surface area contributed by atoms with E-state index >= 15 is 0 Å². The van der Waals surface area contributed by atoms with Crippen LogP contribution in [-0.2, 0) is 19.1 Å². The van der Waals surface area contributed by atoms with Crippen LogP contribution in [0.25, 0.3) is 0 Å². The van der Waals surface area contributed by atoms with Crippen LogP contribution in [0.2, 0.25) is 0 Å². The average molecular weight is 286 g/mol. The summed E-state index contributed by atoms with van der Waals surface area (Å²) < 4.78 is 10.4. The third-order valence-corrected chi connectivity index (χ3v) is 3.15. The predicted molar refractivity (Wildman–Crippen MR) is 79.3 cm³/mol. The van der Waals surface area contributed by atoms with Gasteiger partial charge in [-0.3, -0.25) is 9.59 Å². The summed E-state index contributed by atoms with van der Waals surface area (Å²) in [5, 5.41) is 0. The van der Waals surface area contributed by atoms with Crippen LogP contribution >= 0.6 is 0 Å². The van der Waals surface area contributed by atoms with Crippen molar-refractivity contribution in [2.24, 2.45) is 11.8 Å². The van der Waals surface area contributed by atoms with Crippen molar-refractivity contribution < 1.29 is 19.1 Å². The molecule has 0 bridgehead atoms. The summed E-state index contributed by atoms with van der Waals surface area (Å²) >= 11 is 0. The van der Waals surface area contributed by atoms with E-state index < -0.39 is 0 Å². The van der Waals surface area contributed by atoms with Crippen molar-refractivity contribution >= 4 is 11.9 Å². The fourth-order valence-electron chi connectivity index (χ4n) is 1.78. The quantitative estimate of drug-likeness (QED) is 0.574. The molecular formula is C16H30O4. The van der Waals surface area contributed by atoms with Gasteiger partial charge in [-0.1, -0.05) is 34.6 Å². The van der Waals surface area contributed by atoms with Crippen molar-refractivity contribution in [2.75, 3.05) is 6.61 Å². The molecule has 0 rings (SSSR count). The molecule has 0 aromatic rings. The van der Waals surface area contributed by atoms with Crippen LogP contribution in [0.3, 0.4) is 0 Å². The van der Waals surface area contributed by atoms with Gasteiger partial charge in [-0.05, 0) is 31.1 Å². The van der Waals surface area contributed by atoms with Crippen LogP contribution in [-0.4, -0.2) is 24.6 Å². The Labute approximate surface area is 123 Å². The van der Waals surface area contributed by atoms with Crippen LogP contribution in [0.1, 0.15) is 66.7 Å². The SMILES string of the molecule is CCC(OC(=O)CCCC(=O)OCCC(C)C)C(C)C. The highest BCUT2D eigenvalue weighted by Crippen LogP contribution is 2.12. The lowest BCUT2D eigenvalue weighted by molar-refractivity contribution is -0.151. The minimum atomic E-state index is -0.227. The molecule has 0 N–H and O–H groups in total. The van der Waals surface area contributed by atoms with Gasteiger partial charge in [0.2, 0.25) is 0 Å². The molecule has 0 aromatic carbocycles. The fraction of sp³-hybridized carbons (Fsp3) is 0.875. The number of hydrogen-bond acceptors (Lipinski definition) is 4. The molecule has 0 spiro atoms. The Morgan fingerprint density at radius 2 is 1.60 bits per heavy atom. The van der Waals surface area contributed by atoms with E-state index in [9.17, 15) is 9.59 Å². The summed E-state index contributed by atoms with van der Waals surface area (Å²) in [4.78, 5) is 23.0. The van der Waals surface area contributed by atoms with Crippen LogP contribution in [0, 0.1) is 11.8 Å². The maximum Gasteiger partial charge on any atom is 0.306 e. The maximum atomic E-state index is 11.6. The normalized spacial score (nSPS) is 12.6. The topological polar surface area (TPSA) is 52.6 Å². The van der Waals surface area contributed by atoms with Crippen LogP contribution in [0.5, 0.6) is 0 Å². The number of ether oxygens (including phenoxy) is 2. The first-order valence-electron chi connectivity index (χ1n) is 7.71. The van der Waals surface area contributed by atoms with Crippen molar-refractivity contribution in [3.63, 3.8) is 0 Å². The lowest BCUT2D eigenvalue weighted by atomic mass is 10.1. The van der Waals surface area contributed by atoms with E-state index in [1.807, 2.05) is 20.8 Å². The summed E-state index contributed by atoms with van der Waals surface area (Å²) in [6.07, 6.45) is 2.73. The van der Waals surface area contributed by atoms with Crippen molar-refractivity contribution in [3.05, 3.63) is 0 Å². The van der Waals surface area contributed by atoms with Gasteiger partial charge in [0.15, 0.2) is 0 Å². The molecule has 1 atom stereocenters. The van der Waals surface area contributed by atoms with Crippen molar-refractivity contribution in [2.45, 2.75) is 72.8 Å². The molecule has 0 saturated carbocycles. The molecule has 0 saturated heterocycles. The van der Waals surface area contributed by atoms with Gasteiger partial charge in [-0.2, -0.15) is 0 Å². The molecular weight excluding hydrogens is 256 g/mol. The molecule has 0 aromatic heterocycles. The second-order valence-corrected chi connectivity index (χ2v) is 5.94. The first-order chi connectivity index (χ1) is 9.36. The summed E-state index contributed by atoms with van der Waals surface area (Å²) in [5.41, 5.74) is 0. The lowest BCUT2D eigenvalue weighted by Gasteiger charge is -2.19. The van der Waals surface area contributed by atoms with Crippen LogP contribution < -0.4 is 0 Å². The van der Waals surface area contributed by atoms with Gasteiger partial charge in [-0.25, -0.2) is 0 Å². The lowest BCUT2D eigenvalue weighted by Crippen LogP contribution is -2.22. The van der Waals surface area contributed by atoms with E-state index in [1.165, 1.54) is 0 Å². The molecule has 0 heterocycles. The fourth-order valence-corrected chi connectivity index (χ4v) is 1.78. The molecule has 0 fully saturated rings. The molecule has 118 valence electrons. The standard InChI is InChI=1S/C16H30O4/c1-6-14(13(4)5)20-16(18)9-7-8-15(17)19-11-10-12(2)3/h12-14H,6-11H2,1-5H3. The number of carbonyl (C=O) groups is 2.